The van der Waals surface area contributed by atoms with Crippen LogP contribution in [0.2, 0.25) is 5.02 Å². The lowest BCUT2D eigenvalue weighted by Gasteiger charge is -2.38. The molecule has 33 heavy (non-hydrogen) atoms. The normalized spacial score (nSPS) is 19.2. The highest BCUT2D eigenvalue weighted by Gasteiger charge is 2.34. The third-order valence-corrected chi connectivity index (χ3v) is 6.24. The van der Waals surface area contributed by atoms with Gasteiger partial charge in [-0.05, 0) is 42.3 Å². The summed E-state index contributed by atoms with van der Waals surface area (Å²) in [6.45, 7) is 5.45. The lowest BCUT2D eigenvalue weighted by Crippen LogP contribution is -2.51. The van der Waals surface area contributed by atoms with E-state index in [2.05, 4.69) is 27.4 Å². The van der Waals surface area contributed by atoms with Crippen molar-refractivity contribution in [3.05, 3.63) is 75.7 Å². The third kappa shape index (κ3) is 5.12. The van der Waals surface area contributed by atoms with Crippen molar-refractivity contribution in [2.75, 3.05) is 44.7 Å². The van der Waals surface area contributed by atoms with Gasteiger partial charge >= 0.3 is 12.0 Å². The van der Waals surface area contributed by atoms with Gasteiger partial charge in [0.2, 0.25) is 0 Å². The van der Waals surface area contributed by atoms with Crippen molar-refractivity contribution in [3.8, 4) is 0 Å². The van der Waals surface area contributed by atoms with Crippen LogP contribution >= 0.6 is 11.6 Å². The lowest BCUT2D eigenvalue weighted by atomic mass is 9.95. The van der Waals surface area contributed by atoms with Gasteiger partial charge in [0, 0.05) is 49.1 Å². The Bertz CT molecular complexity index is 1100. The maximum absolute atomic E-state index is 13.8. The van der Waals surface area contributed by atoms with Crippen molar-refractivity contribution in [2.45, 2.75) is 13.0 Å². The minimum atomic E-state index is -0.799. The number of rotatable bonds is 5. The van der Waals surface area contributed by atoms with Crippen LogP contribution in [-0.4, -0.2) is 56.7 Å². The largest absolute Gasteiger partial charge is 0.466 e. The maximum Gasteiger partial charge on any atom is 0.338 e. The van der Waals surface area contributed by atoms with E-state index in [0.29, 0.717) is 22.8 Å². The van der Waals surface area contributed by atoms with E-state index in [1.807, 2.05) is 18.2 Å². The summed E-state index contributed by atoms with van der Waals surface area (Å²) in [5, 5.41) is 6.18. The van der Waals surface area contributed by atoms with Crippen LogP contribution in [0, 0.1) is 12.7 Å². The molecule has 0 saturated carbocycles. The summed E-state index contributed by atoms with van der Waals surface area (Å²) in [6, 6.07) is 10.5. The molecule has 2 amide bonds. The van der Waals surface area contributed by atoms with E-state index in [1.165, 1.54) is 19.2 Å². The molecule has 2 aromatic carbocycles. The zero-order chi connectivity index (χ0) is 23.5. The molecule has 2 aromatic rings. The average molecular weight is 473 g/mol. The van der Waals surface area contributed by atoms with E-state index in [9.17, 15) is 14.0 Å². The monoisotopic (exact) mass is 472 g/mol. The minimum Gasteiger partial charge on any atom is -0.466 e. The molecule has 1 atom stereocenters. The Morgan fingerprint density at radius 3 is 2.64 bits per heavy atom. The second kappa shape index (κ2) is 9.80. The molecule has 0 spiro atoms. The molecule has 2 N–H and O–H groups in total. The van der Waals surface area contributed by atoms with Gasteiger partial charge < -0.3 is 20.3 Å². The first-order chi connectivity index (χ1) is 15.9. The number of hydrogen-bond donors (Lipinski definition) is 2. The lowest BCUT2D eigenvalue weighted by molar-refractivity contribution is -0.136. The first-order valence-electron chi connectivity index (χ1n) is 10.7. The second-order valence-electron chi connectivity index (χ2n) is 8.16. The van der Waals surface area contributed by atoms with Gasteiger partial charge in [-0.1, -0.05) is 29.8 Å². The Hall–Kier alpha value is -3.10. The summed E-state index contributed by atoms with van der Waals surface area (Å²) >= 11 is 6.18. The molecule has 2 aliphatic heterocycles. The van der Waals surface area contributed by atoms with E-state index in [0.717, 1.165) is 37.4 Å². The van der Waals surface area contributed by atoms with Crippen molar-refractivity contribution < 1.29 is 18.7 Å². The zero-order valence-electron chi connectivity index (χ0n) is 18.5. The Morgan fingerprint density at radius 2 is 1.94 bits per heavy atom. The first kappa shape index (κ1) is 23.1. The number of esters is 1. The number of piperazine rings is 1. The van der Waals surface area contributed by atoms with Crippen LogP contribution in [0.4, 0.5) is 14.9 Å². The van der Waals surface area contributed by atoms with Crippen molar-refractivity contribution >= 4 is 29.3 Å². The van der Waals surface area contributed by atoms with Gasteiger partial charge in [-0.15, -0.1) is 0 Å². The highest BCUT2D eigenvalue weighted by atomic mass is 35.5. The quantitative estimate of drug-likeness (QED) is 0.652. The van der Waals surface area contributed by atoms with E-state index >= 15 is 0 Å². The molecule has 1 saturated heterocycles. The number of ether oxygens (including phenoxy) is 1. The molecule has 0 aliphatic carbocycles. The number of nitrogens with zero attached hydrogens (tertiary/aromatic N) is 2. The smallest absolute Gasteiger partial charge is 0.338 e. The molecular formula is C24H26ClFN4O3. The number of amides is 2. The molecule has 2 aliphatic rings. The molecule has 1 fully saturated rings. The third-order valence-electron chi connectivity index (χ3n) is 6.01. The van der Waals surface area contributed by atoms with Gasteiger partial charge in [-0.2, -0.15) is 0 Å². The fourth-order valence-corrected chi connectivity index (χ4v) is 4.49. The number of methoxy groups -OCH3 is 1. The van der Waals surface area contributed by atoms with Gasteiger partial charge in [0.05, 0.1) is 18.7 Å². The van der Waals surface area contributed by atoms with E-state index < -0.39 is 23.9 Å². The Labute approximate surface area is 197 Å². The van der Waals surface area contributed by atoms with Crippen molar-refractivity contribution in [2.24, 2.45) is 0 Å². The molecular weight excluding hydrogens is 447 g/mol. The van der Waals surface area contributed by atoms with Gasteiger partial charge in [0.1, 0.15) is 5.82 Å². The average Bonchev–Trinajstić information content (AvgIpc) is 2.80. The van der Waals surface area contributed by atoms with Gasteiger partial charge in [-0.25, -0.2) is 14.0 Å². The Kier molecular flexibility index (Phi) is 6.85. The summed E-state index contributed by atoms with van der Waals surface area (Å²) in [7, 11) is 1.29. The number of hydrogen-bond acceptors (Lipinski definition) is 5. The molecule has 0 aromatic heterocycles. The summed E-state index contributed by atoms with van der Waals surface area (Å²) in [5.74, 6) is -1.02. The molecule has 174 valence electrons. The van der Waals surface area contributed by atoms with Crippen molar-refractivity contribution in [3.63, 3.8) is 0 Å². The number of urea groups is 1. The number of nitrogens with one attached hydrogen (secondary N) is 2. The van der Waals surface area contributed by atoms with Crippen LogP contribution in [0.25, 0.3) is 0 Å². The van der Waals surface area contributed by atoms with Gasteiger partial charge in [0.25, 0.3) is 0 Å². The zero-order valence-corrected chi connectivity index (χ0v) is 19.3. The second-order valence-corrected chi connectivity index (χ2v) is 8.60. The predicted octanol–water partition coefficient (Wildman–Crippen LogP) is 3.39. The number of aryl methyl sites for hydroxylation is 1. The van der Waals surface area contributed by atoms with Crippen LogP contribution in [-0.2, 0) is 9.53 Å². The summed E-state index contributed by atoms with van der Waals surface area (Å²) in [5.41, 5.74) is 3.48. The topological polar surface area (TPSA) is 73.9 Å². The van der Waals surface area contributed by atoms with E-state index in [1.54, 1.807) is 12.1 Å². The Morgan fingerprint density at radius 1 is 1.18 bits per heavy atom. The molecule has 2 heterocycles. The number of benzene rings is 2. The SMILES string of the molecule is COC(=O)C1=C(CN2CCN(c3cc(Cl)ccc3C)CC2)NC(=O)N[C@@H]1c1cccc(F)c1. The predicted molar refractivity (Wildman–Crippen MR) is 125 cm³/mol. The fourth-order valence-electron chi connectivity index (χ4n) is 4.32. The summed E-state index contributed by atoms with van der Waals surface area (Å²) in [4.78, 5) is 29.6. The summed E-state index contributed by atoms with van der Waals surface area (Å²) in [6.07, 6.45) is 0. The maximum atomic E-state index is 13.8. The first-order valence-corrected chi connectivity index (χ1v) is 11.1. The Balaban J connectivity index is 1.55. The van der Waals surface area contributed by atoms with Gasteiger partial charge in [-0.3, -0.25) is 4.90 Å². The number of carbonyl (C=O) groups excluding carboxylic acids is 2. The number of anilines is 1. The van der Waals surface area contributed by atoms with Gasteiger partial charge in [0.15, 0.2) is 0 Å². The molecule has 0 unspecified atom stereocenters. The number of halogens is 2. The van der Waals surface area contributed by atoms with Crippen LogP contribution in [0.1, 0.15) is 17.2 Å². The molecule has 0 bridgehead atoms. The van der Waals surface area contributed by atoms with Crippen LogP contribution in [0.5, 0.6) is 0 Å². The van der Waals surface area contributed by atoms with E-state index in [-0.39, 0.29) is 5.57 Å². The van der Waals surface area contributed by atoms with Crippen LogP contribution in [0.3, 0.4) is 0 Å². The molecule has 9 heteroatoms. The van der Waals surface area contributed by atoms with Crippen LogP contribution in [0.15, 0.2) is 53.7 Å². The minimum absolute atomic E-state index is 0.274. The summed E-state index contributed by atoms with van der Waals surface area (Å²) < 4.78 is 18.9. The fraction of sp³-hybridized carbons (Fsp3) is 0.333. The number of carbonyl (C=O) groups is 2. The highest BCUT2D eigenvalue weighted by molar-refractivity contribution is 6.30. The standard InChI is InChI=1S/C24H26ClFN4O3/c1-15-6-7-17(25)13-20(15)30-10-8-29(9-11-30)14-19-21(23(31)33-2)22(28-24(32)27-19)16-4-3-5-18(26)12-16/h3-7,12-13,22H,8-11,14H2,1-2H3,(H2,27,28,32)/t22-/m1/s1. The molecule has 4 rings (SSSR count). The highest BCUT2D eigenvalue weighted by Crippen LogP contribution is 2.29. The van der Waals surface area contributed by atoms with E-state index in [4.69, 9.17) is 16.3 Å². The van der Waals surface area contributed by atoms with Crippen LogP contribution < -0.4 is 15.5 Å². The van der Waals surface area contributed by atoms with Crippen molar-refractivity contribution in [1.82, 2.24) is 15.5 Å². The van der Waals surface area contributed by atoms with Crippen molar-refractivity contribution in [1.29, 1.82) is 0 Å². The molecule has 7 nitrogen and oxygen atoms in total. The molecule has 0 radical (unpaired) electrons.